The van der Waals surface area contributed by atoms with Gasteiger partial charge in [0.1, 0.15) is 5.69 Å². The van der Waals surface area contributed by atoms with Crippen molar-refractivity contribution in [1.82, 2.24) is 14.3 Å². The fourth-order valence-corrected chi connectivity index (χ4v) is 3.98. The molecule has 0 spiro atoms. The van der Waals surface area contributed by atoms with E-state index in [4.69, 9.17) is 4.74 Å². The van der Waals surface area contributed by atoms with Crippen LogP contribution in [0.3, 0.4) is 0 Å². The van der Waals surface area contributed by atoms with E-state index in [0.29, 0.717) is 28.0 Å². The number of carbonyl (C=O) groups is 1. The minimum absolute atomic E-state index is 0.116. The third-order valence-corrected chi connectivity index (χ3v) is 5.74. The predicted molar refractivity (Wildman–Crippen MR) is 133 cm³/mol. The molecule has 34 heavy (non-hydrogen) atoms. The number of aromatic nitrogens is 3. The lowest BCUT2D eigenvalue weighted by Crippen LogP contribution is -2.20. The van der Waals surface area contributed by atoms with Crippen molar-refractivity contribution in [1.29, 1.82) is 0 Å². The molecule has 0 amide bonds. The highest BCUT2D eigenvalue weighted by molar-refractivity contribution is 5.96. The second-order valence-corrected chi connectivity index (χ2v) is 8.24. The molecule has 0 aliphatic rings. The van der Waals surface area contributed by atoms with E-state index < -0.39 is 5.97 Å². The zero-order valence-electron chi connectivity index (χ0n) is 19.8. The van der Waals surface area contributed by atoms with E-state index in [1.54, 1.807) is 28.4 Å². The summed E-state index contributed by atoms with van der Waals surface area (Å²) in [6.45, 7) is 3.96. The summed E-state index contributed by atoms with van der Waals surface area (Å²) < 4.78 is 8.16. The number of benzene rings is 2. The van der Waals surface area contributed by atoms with E-state index in [-0.39, 0.29) is 11.6 Å². The Kier molecular flexibility index (Phi) is 6.24. The minimum Gasteiger partial charge on any atom is -0.465 e. The molecule has 4 aromatic rings. The summed E-state index contributed by atoms with van der Waals surface area (Å²) in [5.41, 5.74) is 4.14. The Hall–Kier alpha value is -4.31. The van der Waals surface area contributed by atoms with Crippen LogP contribution in [-0.4, -0.2) is 27.4 Å². The first kappa shape index (κ1) is 22.9. The number of pyridine rings is 1. The van der Waals surface area contributed by atoms with Crippen LogP contribution < -0.4 is 10.9 Å². The molecule has 0 fully saturated rings. The molecule has 2 heterocycles. The van der Waals surface area contributed by atoms with Crippen LogP contribution in [-0.2, 0) is 18.8 Å². The molecular formula is C27H26N4O3. The topological polar surface area (TPSA) is 78.1 Å². The average molecular weight is 455 g/mol. The van der Waals surface area contributed by atoms with Gasteiger partial charge in [-0.1, -0.05) is 18.2 Å². The number of anilines is 1. The smallest absolute Gasteiger partial charge is 0.339 e. The average Bonchev–Trinajstić information content (AvgIpc) is 3.25. The number of fused-ring (bicyclic) bond motifs is 1. The third-order valence-electron chi connectivity index (χ3n) is 5.74. The fraction of sp³-hybridized carbons (Fsp3) is 0.222. The van der Waals surface area contributed by atoms with Gasteiger partial charge >= 0.3 is 5.97 Å². The molecule has 0 bridgehead atoms. The minimum atomic E-state index is -0.412. The van der Waals surface area contributed by atoms with E-state index in [1.807, 2.05) is 57.4 Å². The summed E-state index contributed by atoms with van der Waals surface area (Å²) in [6, 6.07) is 14.7. The number of nitrogens with one attached hydrogen (secondary N) is 1. The molecule has 0 aliphatic heterocycles. The van der Waals surface area contributed by atoms with E-state index >= 15 is 0 Å². The molecule has 0 radical (unpaired) electrons. The molecule has 0 saturated heterocycles. The monoisotopic (exact) mass is 454 g/mol. The van der Waals surface area contributed by atoms with Gasteiger partial charge in [-0.25, -0.2) is 4.79 Å². The second kappa shape index (κ2) is 9.28. The molecule has 172 valence electrons. The first-order valence-corrected chi connectivity index (χ1v) is 10.9. The van der Waals surface area contributed by atoms with Crippen LogP contribution in [0.4, 0.5) is 5.69 Å². The summed E-state index contributed by atoms with van der Waals surface area (Å²) in [7, 11) is 4.92. The normalized spacial score (nSPS) is 11.6. The van der Waals surface area contributed by atoms with Crippen LogP contribution in [0.25, 0.3) is 10.8 Å². The molecule has 1 atom stereocenters. The van der Waals surface area contributed by atoms with Gasteiger partial charge in [-0.05, 0) is 72.5 Å². The number of esters is 1. The maximum Gasteiger partial charge on any atom is 0.339 e. The lowest BCUT2D eigenvalue weighted by molar-refractivity contribution is 0.0602. The van der Waals surface area contributed by atoms with E-state index in [9.17, 15) is 9.59 Å². The fourth-order valence-electron chi connectivity index (χ4n) is 3.98. The Morgan fingerprint density at radius 3 is 2.56 bits per heavy atom. The lowest BCUT2D eigenvalue weighted by Gasteiger charge is -2.20. The SMILES string of the molecule is COC(=O)c1ccccc1NC(C)c1cc(C)cc2c(=O)n(C)c(C#Cc3ccn(C)n3)cc12. The predicted octanol–water partition coefficient (Wildman–Crippen LogP) is 3.94. The van der Waals surface area contributed by atoms with Gasteiger partial charge in [0.15, 0.2) is 0 Å². The van der Waals surface area contributed by atoms with Gasteiger partial charge in [0.05, 0.1) is 18.4 Å². The van der Waals surface area contributed by atoms with Gasteiger partial charge in [0, 0.05) is 37.4 Å². The summed E-state index contributed by atoms with van der Waals surface area (Å²) in [6.07, 6.45) is 1.82. The zero-order valence-corrected chi connectivity index (χ0v) is 19.8. The lowest BCUT2D eigenvalue weighted by atomic mass is 9.96. The van der Waals surface area contributed by atoms with Gasteiger partial charge in [0.2, 0.25) is 0 Å². The highest BCUT2D eigenvalue weighted by Gasteiger charge is 2.17. The van der Waals surface area contributed by atoms with Gasteiger partial charge < -0.3 is 14.6 Å². The van der Waals surface area contributed by atoms with Gasteiger partial charge in [0.25, 0.3) is 5.56 Å². The Bertz CT molecular complexity index is 1520. The standard InChI is InChI=1S/C27H26N4O3/c1-17-14-22(18(2)28-25-9-7-6-8-21(25)27(33)34-5)23-16-20(31(4)26(32)24(23)15-17)11-10-19-12-13-30(3)29-19/h6-9,12-16,18,28H,1-5H3. The largest absolute Gasteiger partial charge is 0.465 e. The van der Waals surface area contributed by atoms with Crippen molar-refractivity contribution < 1.29 is 9.53 Å². The molecule has 7 heteroatoms. The van der Waals surface area contributed by atoms with Crippen LogP contribution >= 0.6 is 0 Å². The number of aryl methyl sites for hydroxylation is 2. The van der Waals surface area contributed by atoms with E-state index in [0.717, 1.165) is 16.5 Å². The van der Waals surface area contributed by atoms with Crippen LogP contribution in [0.2, 0.25) is 0 Å². The molecule has 7 nitrogen and oxygen atoms in total. The number of ether oxygens (including phenoxy) is 1. The molecule has 2 aromatic carbocycles. The van der Waals surface area contributed by atoms with Crippen molar-refractivity contribution in [2.75, 3.05) is 12.4 Å². The van der Waals surface area contributed by atoms with E-state index in [1.165, 1.54) is 7.11 Å². The first-order valence-electron chi connectivity index (χ1n) is 10.9. The maximum atomic E-state index is 13.2. The summed E-state index contributed by atoms with van der Waals surface area (Å²) in [4.78, 5) is 25.4. The zero-order chi connectivity index (χ0) is 24.4. The summed E-state index contributed by atoms with van der Waals surface area (Å²) in [5, 5.41) is 9.13. The molecule has 0 aliphatic carbocycles. The van der Waals surface area contributed by atoms with Crippen molar-refractivity contribution in [3.8, 4) is 11.8 Å². The third kappa shape index (κ3) is 4.44. The van der Waals surface area contributed by atoms with Gasteiger partial charge in [-0.3, -0.25) is 9.48 Å². The van der Waals surface area contributed by atoms with Crippen molar-refractivity contribution in [3.05, 3.63) is 93.2 Å². The van der Waals surface area contributed by atoms with Crippen LogP contribution in [0.15, 0.2) is 59.5 Å². The molecular weight excluding hydrogens is 428 g/mol. The van der Waals surface area contributed by atoms with Crippen molar-refractivity contribution in [2.24, 2.45) is 14.1 Å². The number of rotatable bonds is 4. The van der Waals surface area contributed by atoms with Gasteiger partial charge in [-0.2, -0.15) is 5.10 Å². The number of methoxy groups -OCH3 is 1. The second-order valence-electron chi connectivity index (χ2n) is 8.24. The molecule has 1 unspecified atom stereocenters. The maximum absolute atomic E-state index is 13.2. The van der Waals surface area contributed by atoms with Crippen LogP contribution in [0.5, 0.6) is 0 Å². The molecule has 1 N–H and O–H groups in total. The number of para-hydroxylation sites is 1. The van der Waals surface area contributed by atoms with Crippen molar-refractivity contribution in [2.45, 2.75) is 19.9 Å². The summed E-state index contributed by atoms with van der Waals surface area (Å²) in [5.74, 6) is 5.71. The number of nitrogens with zero attached hydrogens (tertiary/aromatic N) is 3. The van der Waals surface area contributed by atoms with Crippen LogP contribution in [0.1, 0.15) is 45.8 Å². The molecule has 0 saturated carbocycles. The number of hydrogen-bond acceptors (Lipinski definition) is 5. The molecule has 4 rings (SSSR count). The Morgan fingerprint density at radius 1 is 1.09 bits per heavy atom. The number of carbonyl (C=O) groups excluding carboxylic acids is 1. The highest BCUT2D eigenvalue weighted by Crippen LogP contribution is 2.29. The quantitative estimate of drug-likeness (QED) is 0.373. The molecule has 2 aromatic heterocycles. The van der Waals surface area contributed by atoms with Crippen molar-refractivity contribution in [3.63, 3.8) is 0 Å². The first-order chi connectivity index (χ1) is 16.3. The van der Waals surface area contributed by atoms with Crippen molar-refractivity contribution >= 4 is 22.4 Å². The van der Waals surface area contributed by atoms with E-state index in [2.05, 4.69) is 28.3 Å². The Labute approximate surface area is 198 Å². The number of hydrogen-bond donors (Lipinski definition) is 1. The van der Waals surface area contributed by atoms with Gasteiger partial charge in [-0.15, -0.1) is 0 Å². The Morgan fingerprint density at radius 2 is 1.85 bits per heavy atom. The summed E-state index contributed by atoms with van der Waals surface area (Å²) >= 11 is 0. The van der Waals surface area contributed by atoms with Crippen LogP contribution in [0, 0.1) is 18.8 Å². The Balaban J connectivity index is 1.82. The highest BCUT2D eigenvalue weighted by atomic mass is 16.5.